The summed E-state index contributed by atoms with van der Waals surface area (Å²) in [7, 11) is 1.56. The van der Waals surface area contributed by atoms with E-state index >= 15 is 0 Å². The Balaban J connectivity index is 2.24. The SMILES string of the molecule is COc1cc2c(c3c1C(=O)C(C)C(C)O3)C=CC(C)(C)O2. The monoisotopic (exact) mass is 288 g/mol. The summed E-state index contributed by atoms with van der Waals surface area (Å²) in [5.74, 6) is 1.65. The molecule has 21 heavy (non-hydrogen) atoms. The number of carbonyl (C=O) groups is 1. The first kappa shape index (κ1) is 14.0. The van der Waals surface area contributed by atoms with Crippen LogP contribution in [0.1, 0.15) is 43.6 Å². The Morgan fingerprint density at radius 2 is 2.00 bits per heavy atom. The summed E-state index contributed by atoms with van der Waals surface area (Å²) >= 11 is 0. The molecule has 0 saturated carbocycles. The minimum Gasteiger partial charge on any atom is -0.496 e. The molecule has 0 N–H and O–H groups in total. The maximum absolute atomic E-state index is 12.6. The van der Waals surface area contributed by atoms with E-state index in [1.54, 1.807) is 13.2 Å². The Labute approximate surface area is 124 Å². The molecule has 4 nitrogen and oxygen atoms in total. The van der Waals surface area contributed by atoms with Gasteiger partial charge in [-0.3, -0.25) is 4.79 Å². The van der Waals surface area contributed by atoms with E-state index in [2.05, 4.69) is 0 Å². The molecule has 2 aliphatic rings. The van der Waals surface area contributed by atoms with Crippen LogP contribution in [0, 0.1) is 5.92 Å². The molecule has 3 rings (SSSR count). The molecule has 112 valence electrons. The van der Waals surface area contributed by atoms with Crippen molar-refractivity contribution in [3.8, 4) is 17.2 Å². The number of carbonyl (C=O) groups excluding carboxylic acids is 1. The third-order valence-electron chi connectivity index (χ3n) is 4.16. The highest BCUT2D eigenvalue weighted by molar-refractivity contribution is 6.05. The maximum atomic E-state index is 12.6. The number of Topliss-reactive ketones (excluding diaryl/α,β-unsaturated/α-hetero) is 1. The summed E-state index contributed by atoms with van der Waals surface area (Å²) in [4.78, 5) is 12.6. The molecule has 2 heterocycles. The molecule has 0 fully saturated rings. The van der Waals surface area contributed by atoms with Crippen LogP contribution in [0.5, 0.6) is 17.2 Å². The molecule has 0 aromatic heterocycles. The van der Waals surface area contributed by atoms with E-state index in [1.807, 2.05) is 39.8 Å². The molecule has 4 heteroatoms. The van der Waals surface area contributed by atoms with Gasteiger partial charge in [-0.05, 0) is 32.9 Å². The second-order valence-electron chi connectivity index (χ2n) is 6.21. The predicted octanol–water partition coefficient (Wildman–Crippen LogP) is 3.48. The van der Waals surface area contributed by atoms with Gasteiger partial charge < -0.3 is 14.2 Å². The van der Waals surface area contributed by atoms with E-state index in [0.29, 0.717) is 22.8 Å². The van der Waals surface area contributed by atoms with Crippen molar-refractivity contribution in [3.63, 3.8) is 0 Å². The highest BCUT2D eigenvalue weighted by Crippen LogP contribution is 2.47. The molecule has 0 bridgehead atoms. The molecule has 1 aromatic rings. The highest BCUT2D eigenvalue weighted by Gasteiger charge is 2.38. The molecule has 0 aliphatic carbocycles. The Morgan fingerprint density at radius 3 is 2.67 bits per heavy atom. The zero-order valence-corrected chi connectivity index (χ0v) is 13.0. The zero-order chi connectivity index (χ0) is 15.4. The lowest BCUT2D eigenvalue weighted by molar-refractivity contribution is 0.0720. The van der Waals surface area contributed by atoms with Crippen LogP contribution in [0.4, 0.5) is 0 Å². The molecular formula is C17H20O4. The van der Waals surface area contributed by atoms with E-state index in [9.17, 15) is 4.79 Å². The van der Waals surface area contributed by atoms with Crippen LogP contribution in [0.3, 0.4) is 0 Å². The van der Waals surface area contributed by atoms with Crippen LogP contribution in [0.15, 0.2) is 12.1 Å². The summed E-state index contributed by atoms with van der Waals surface area (Å²) in [6, 6.07) is 1.78. The minimum atomic E-state index is -0.385. The van der Waals surface area contributed by atoms with Crippen molar-refractivity contribution in [2.75, 3.05) is 7.11 Å². The first-order chi connectivity index (χ1) is 9.84. The second-order valence-corrected chi connectivity index (χ2v) is 6.21. The third kappa shape index (κ3) is 2.09. The molecule has 1 aromatic carbocycles. The fourth-order valence-electron chi connectivity index (χ4n) is 2.72. The van der Waals surface area contributed by atoms with Gasteiger partial charge in [0, 0.05) is 6.07 Å². The van der Waals surface area contributed by atoms with Gasteiger partial charge in [-0.2, -0.15) is 0 Å². The smallest absolute Gasteiger partial charge is 0.176 e. The van der Waals surface area contributed by atoms with Crippen molar-refractivity contribution in [1.82, 2.24) is 0 Å². The standard InChI is InChI=1S/C17H20O4/c1-9-10(2)20-16-11-6-7-17(3,4)21-12(11)8-13(19-5)14(16)15(9)18/h6-10H,1-5H3. The van der Waals surface area contributed by atoms with Crippen LogP contribution in [0.25, 0.3) is 6.08 Å². The Morgan fingerprint density at radius 1 is 1.29 bits per heavy atom. The van der Waals surface area contributed by atoms with Crippen molar-refractivity contribution < 1.29 is 19.0 Å². The van der Waals surface area contributed by atoms with Gasteiger partial charge in [0.2, 0.25) is 0 Å². The lowest BCUT2D eigenvalue weighted by Crippen LogP contribution is -2.35. The lowest BCUT2D eigenvalue weighted by Gasteiger charge is -2.34. The van der Waals surface area contributed by atoms with E-state index < -0.39 is 0 Å². The summed E-state index contributed by atoms with van der Waals surface area (Å²) in [6.45, 7) is 7.75. The topological polar surface area (TPSA) is 44.8 Å². The van der Waals surface area contributed by atoms with Gasteiger partial charge >= 0.3 is 0 Å². The van der Waals surface area contributed by atoms with Gasteiger partial charge in [-0.15, -0.1) is 0 Å². The number of hydrogen-bond donors (Lipinski definition) is 0. The fraction of sp³-hybridized carbons (Fsp3) is 0.471. The van der Waals surface area contributed by atoms with Crippen molar-refractivity contribution in [3.05, 3.63) is 23.3 Å². The van der Waals surface area contributed by atoms with Gasteiger partial charge in [0.25, 0.3) is 0 Å². The summed E-state index contributed by atoms with van der Waals surface area (Å²) in [5, 5.41) is 0. The Hall–Kier alpha value is -1.97. The number of benzene rings is 1. The van der Waals surface area contributed by atoms with Gasteiger partial charge in [0.15, 0.2) is 5.78 Å². The number of fused-ring (bicyclic) bond motifs is 3. The van der Waals surface area contributed by atoms with E-state index in [0.717, 1.165) is 5.56 Å². The third-order valence-corrected chi connectivity index (χ3v) is 4.16. The first-order valence-electron chi connectivity index (χ1n) is 7.18. The van der Waals surface area contributed by atoms with Crippen LogP contribution in [-0.2, 0) is 0 Å². The van der Waals surface area contributed by atoms with Gasteiger partial charge in [0.1, 0.15) is 34.5 Å². The van der Waals surface area contributed by atoms with Crippen LogP contribution < -0.4 is 14.2 Å². The van der Waals surface area contributed by atoms with Crippen LogP contribution in [0.2, 0.25) is 0 Å². The van der Waals surface area contributed by atoms with Crippen molar-refractivity contribution >= 4 is 11.9 Å². The number of ketones is 1. The van der Waals surface area contributed by atoms with Gasteiger partial charge in [0.05, 0.1) is 18.6 Å². The predicted molar refractivity (Wildman–Crippen MR) is 80.3 cm³/mol. The zero-order valence-electron chi connectivity index (χ0n) is 13.0. The van der Waals surface area contributed by atoms with Crippen molar-refractivity contribution in [1.29, 1.82) is 0 Å². The summed E-state index contributed by atoms with van der Waals surface area (Å²) in [5.41, 5.74) is 0.955. The second kappa shape index (κ2) is 4.52. The molecule has 0 amide bonds. The number of ether oxygens (including phenoxy) is 3. The minimum absolute atomic E-state index is 0.0571. The van der Waals surface area contributed by atoms with Crippen molar-refractivity contribution in [2.45, 2.75) is 39.4 Å². The molecule has 0 spiro atoms. The largest absolute Gasteiger partial charge is 0.496 e. The summed E-state index contributed by atoms with van der Waals surface area (Å²) in [6.07, 6.45) is 3.77. The van der Waals surface area contributed by atoms with E-state index in [1.165, 1.54) is 0 Å². The fourth-order valence-corrected chi connectivity index (χ4v) is 2.72. The Bertz CT molecular complexity index is 643. The maximum Gasteiger partial charge on any atom is 0.176 e. The molecule has 0 radical (unpaired) electrons. The molecule has 2 aliphatic heterocycles. The molecular weight excluding hydrogens is 268 g/mol. The summed E-state index contributed by atoms with van der Waals surface area (Å²) < 4.78 is 17.4. The lowest BCUT2D eigenvalue weighted by atomic mass is 9.88. The Kier molecular flexibility index (Phi) is 3.01. The average molecular weight is 288 g/mol. The average Bonchev–Trinajstić information content (AvgIpc) is 2.42. The number of hydrogen-bond acceptors (Lipinski definition) is 4. The van der Waals surface area contributed by atoms with Gasteiger partial charge in [-0.1, -0.05) is 6.92 Å². The van der Waals surface area contributed by atoms with Crippen LogP contribution >= 0.6 is 0 Å². The molecule has 2 unspecified atom stereocenters. The number of methoxy groups -OCH3 is 1. The quantitative estimate of drug-likeness (QED) is 0.793. The van der Waals surface area contributed by atoms with E-state index in [4.69, 9.17) is 14.2 Å². The van der Waals surface area contributed by atoms with Crippen molar-refractivity contribution in [2.24, 2.45) is 5.92 Å². The highest BCUT2D eigenvalue weighted by atomic mass is 16.5. The molecule has 2 atom stereocenters. The first-order valence-corrected chi connectivity index (χ1v) is 7.18. The molecule has 0 saturated heterocycles. The normalized spacial score (nSPS) is 25.5. The van der Waals surface area contributed by atoms with E-state index in [-0.39, 0.29) is 23.4 Å². The number of rotatable bonds is 1. The van der Waals surface area contributed by atoms with Gasteiger partial charge in [-0.25, -0.2) is 0 Å². The van der Waals surface area contributed by atoms with Crippen LogP contribution in [-0.4, -0.2) is 24.6 Å².